The number of rotatable bonds is 8. The normalized spacial score (nSPS) is 11.4. The van der Waals surface area contributed by atoms with Gasteiger partial charge in [0.15, 0.2) is 5.82 Å². The summed E-state index contributed by atoms with van der Waals surface area (Å²) in [5.74, 6) is 6.61. The fourth-order valence-corrected chi connectivity index (χ4v) is 1.52. The third-order valence-corrected chi connectivity index (χ3v) is 2.39. The molecule has 1 aromatic rings. The standard InChI is InChI=1S/C11H18F3N5O/c1-20-7-10-17-8(6-9(18-10)19-15)16-5-3-2-4-11(12,13)14/h6H,2-5,7,15H2,1H3,(H2,16,17,18,19). The lowest BCUT2D eigenvalue weighted by atomic mass is 10.2. The molecule has 0 aromatic carbocycles. The van der Waals surface area contributed by atoms with E-state index >= 15 is 0 Å². The summed E-state index contributed by atoms with van der Waals surface area (Å²) >= 11 is 0. The minimum Gasteiger partial charge on any atom is -0.377 e. The summed E-state index contributed by atoms with van der Waals surface area (Å²) in [6.45, 7) is 0.613. The number of hydrogen-bond donors (Lipinski definition) is 3. The number of anilines is 2. The Morgan fingerprint density at radius 3 is 2.55 bits per heavy atom. The minimum absolute atomic E-state index is 0.0779. The zero-order chi connectivity index (χ0) is 15.0. The van der Waals surface area contributed by atoms with Gasteiger partial charge in [0.1, 0.15) is 18.2 Å². The van der Waals surface area contributed by atoms with Gasteiger partial charge < -0.3 is 15.5 Å². The number of methoxy groups -OCH3 is 1. The minimum atomic E-state index is -4.10. The van der Waals surface area contributed by atoms with Gasteiger partial charge in [0.25, 0.3) is 0 Å². The predicted octanol–water partition coefficient (Wildman–Crippen LogP) is 2.05. The van der Waals surface area contributed by atoms with Gasteiger partial charge in [0.2, 0.25) is 0 Å². The summed E-state index contributed by atoms with van der Waals surface area (Å²) in [4.78, 5) is 8.21. The van der Waals surface area contributed by atoms with Crippen LogP contribution >= 0.6 is 0 Å². The predicted molar refractivity (Wildman–Crippen MR) is 69.0 cm³/mol. The number of halogens is 3. The number of nitrogen functional groups attached to an aromatic ring is 1. The first-order valence-corrected chi connectivity index (χ1v) is 6.08. The van der Waals surface area contributed by atoms with Crippen molar-refractivity contribution in [3.8, 4) is 0 Å². The average Bonchev–Trinajstić information content (AvgIpc) is 2.37. The van der Waals surface area contributed by atoms with Gasteiger partial charge >= 0.3 is 6.18 Å². The van der Waals surface area contributed by atoms with Crippen LogP contribution in [0.2, 0.25) is 0 Å². The van der Waals surface area contributed by atoms with E-state index < -0.39 is 12.6 Å². The highest BCUT2D eigenvalue weighted by Crippen LogP contribution is 2.22. The van der Waals surface area contributed by atoms with E-state index in [1.165, 1.54) is 7.11 Å². The molecule has 0 atom stereocenters. The van der Waals surface area contributed by atoms with Gasteiger partial charge in [-0.2, -0.15) is 13.2 Å². The summed E-state index contributed by atoms with van der Waals surface area (Å²) in [5, 5.41) is 2.93. The molecule has 0 saturated carbocycles. The summed E-state index contributed by atoms with van der Waals surface area (Å²) in [7, 11) is 1.51. The Labute approximate surface area is 114 Å². The molecule has 114 valence electrons. The Kier molecular flexibility index (Phi) is 6.46. The van der Waals surface area contributed by atoms with Crippen LogP contribution in [0, 0.1) is 0 Å². The van der Waals surface area contributed by atoms with Crippen molar-refractivity contribution < 1.29 is 17.9 Å². The van der Waals surface area contributed by atoms with E-state index in [1.54, 1.807) is 6.07 Å². The number of hydrogen-bond acceptors (Lipinski definition) is 6. The van der Waals surface area contributed by atoms with Gasteiger partial charge in [-0.1, -0.05) is 0 Å². The SMILES string of the molecule is COCc1nc(NN)cc(NCCCCC(F)(F)F)n1. The third kappa shape index (κ3) is 6.53. The first-order chi connectivity index (χ1) is 9.44. The van der Waals surface area contributed by atoms with Crippen molar-refractivity contribution in [2.45, 2.75) is 32.0 Å². The van der Waals surface area contributed by atoms with E-state index in [0.29, 0.717) is 30.4 Å². The molecule has 0 saturated heterocycles. The molecule has 0 aliphatic heterocycles. The highest BCUT2D eigenvalue weighted by atomic mass is 19.4. The number of aromatic nitrogens is 2. The molecule has 4 N–H and O–H groups in total. The lowest BCUT2D eigenvalue weighted by molar-refractivity contribution is -0.135. The lowest BCUT2D eigenvalue weighted by Gasteiger charge is -2.10. The Balaban J connectivity index is 2.44. The fourth-order valence-electron chi connectivity index (χ4n) is 1.52. The summed E-state index contributed by atoms with van der Waals surface area (Å²) in [6.07, 6.45) is -4.40. The van der Waals surface area contributed by atoms with E-state index in [9.17, 15) is 13.2 Å². The van der Waals surface area contributed by atoms with E-state index in [-0.39, 0.29) is 13.0 Å². The quantitative estimate of drug-likeness (QED) is 0.386. The molecule has 0 spiro atoms. The number of nitrogens with two attached hydrogens (primary N) is 1. The molecule has 0 radical (unpaired) electrons. The van der Waals surface area contributed by atoms with Crippen molar-refractivity contribution in [1.82, 2.24) is 9.97 Å². The topological polar surface area (TPSA) is 85.1 Å². The number of ether oxygens (including phenoxy) is 1. The van der Waals surface area contributed by atoms with Crippen LogP contribution in [-0.2, 0) is 11.3 Å². The van der Waals surface area contributed by atoms with Crippen LogP contribution in [0.4, 0.5) is 24.8 Å². The van der Waals surface area contributed by atoms with Crippen molar-refractivity contribution in [3.63, 3.8) is 0 Å². The maximum Gasteiger partial charge on any atom is 0.389 e. The summed E-state index contributed by atoms with van der Waals surface area (Å²) in [5.41, 5.74) is 2.39. The Morgan fingerprint density at radius 1 is 1.25 bits per heavy atom. The third-order valence-electron chi connectivity index (χ3n) is 2.39. The maximum absolute atomic E-state index is 12.0. The van der Waals surface area contributed by atoms with Crippen LogP contribution < -0.4 is 16.6 Å². The molecule has 9 heteroatoms. The van der Waals surface area contributed by atoms with Crippen molar-refractivity contribution >= 4 is 11.6 Å². The molecule has 0 fully saturated rings. The average molecular weight is 293 g/mol. The molecule has 0 bridgehead atoms. The van der Waals surface area contributed by atoms with Gasteiger partial charge in [-0.3, -0.25) is 0 Å². The van der Waals surface area contributed by atoms with Crippen LogP contribution in [0.5, 0.6) is 0 Å². The number of nitrogens with zero attached hydrogens (tertiary/aromatic N) is 2. The van der Waals surface area contributed by atoms with Crippen molar-refractivity contribution in [2.24, 2.45) is 5.84 Å². The molecule has 0 unspecified atom stereocenters. The van der Waals surface area contributed by atoms with Gasteiger partial charge in [-0.15, -0.1) is 0 Å². The lowest BCUT2D eigenvalue weighted by Crippen LogP contribution is -2.13. The molecule has 20 heavy (non-hydrogen) atoms. The zero-order valence-corrected chi connectivity index (χ0v) is 11.1. The van der Waals surface area contributed by atoms with Crippen molar-refractivity contribution in [3.05, 3.63) is 11.9 Å². The maximum atomic E-state index is 12.0. The monoisotopic (exact) mass is 293 g/mol. The number of nitrogens with one attached hydrogen (secondary N) is 2. The first kappa shape index (κ1) is 16.4. The van der Waals surface area contributed by atoms with E-state index in [2.05, 4.69) is 20.7 Å². The second-order valence-electron chi connectivity index (χ2n) is 4.13. The van der Waals surface area contributed by atoms with E-state index in [4.69, 9.17) is 10.6 Å². The van der Waals surface area contributed by atoms with Crippen molar-refractivity contribution in [2.75, 3.05) is 24.4 Å². The zero-order valence-electron chi connectivity index (χ0n) is 11.1. The van der Waals surface area contributed by atoms with Crippen LogP contribution in [0.1, 0.15) is 25.1 Å². The fraction of sp³-hybridized carbons (Fsp3) is 0.636. The van der Waals surface area contributed by atoms with Gasteiger partial charge in [0.05, 0.1) is 0 Å². The van der Waals surface area contributed by atoms with Crippen LogP contribution in [-0.4, -0.2) is 29.8 Å². The summed E-state index contributed by atoms with van der Waals surface area (Å²) in [6, 6.07) is 1.57. The molecule has 1 aromatic heterocycles. The van der Waals surface area contributed by atoms with Crippen LogP contribution in [0.15, 0.2) is 6.07 Å². The number of unbranched alkanes of at least 4 members (excludes halogenated alkanes) is 1. The number of alkyl halides is 3. The molecule has 6 nitrogen and oxygen atoms in total. The largest absolute Gasteiger partial charge is 0.389 e. The van der Waals surface area contributed by atoms with Gasteiger partial charge in [0, 0.05) is 26.1 Å². The molecule has 1 heterocycles. The highest BCUT2D eigenvalue weighted by Gasteiger charge is 2.25. The molecule has 0 aliphatic carbocycles. The summed E-state index contributed by atoms with van der Waals surface area (Å²) < 4.78 is 40.8. The highest BCUT2D eigenvalue weighted by molar-refractivity contribution is 5.46. The van der Waals surface area contributed by atoms with Crippen molar-refractivity contribution in [1.29, 1.82) is 0 Å². The van der Waals surface area contributed by atoms with Gasteiger partial charge in [-0.05, 0) is 12.8 Å². The Bertz CT molecular complexity index is 414. The van der Waals surface area contributed by atoms with Crippen LogP contribution in [0.3, 0.4) is 0 Å². The van der Waals surface area contributed by atoms with Crippen LogP contribution in [0.25, 0.3) is 0 Å². The molecule has 1 rings (SSSR count). The molecule has 0 aliphatic rings. The second-order valence-corrected chi connectivity index (χ2v) is 4.13. The molecule has 0 amide bonds. The Hall–Kier alpha value is -1.61. The number of hydrazine groups is 1. The Morgan fingerprint density at radius 2 is 1.95 bits per heavy atom. The second kappa shape index (κ2) is 7.85. The smallest absolute Gasteiger partial charge is 0.377 e. The molecular formula is C11H18F3N5O. The van der Waals surface area contributed by atoms with E-state index in [0.717, 1.165) is 0 Å². The molecular weight excluding hydrogens is 275 g/mol. The van der Waals surface area contributed by atoms with E-state index in [1.807, 2.05) is 0 Å². The first-order valence-electron chi connectivity index (χ1n) is 6.08. The van der Waals surface area contributed by atoms with Gasteiger partial charge in [-0.25, -0.2) is 15.8 Å².